The minimum Gasteiger partial charge on any atom is -0.490 e. The summed E-state index contributed by atoms with van der Waals surface area (Å²) in [6.07, 6.45) is 1.65. The summed E-state index contributed by atoms with van der Waals surface area (Å²) in [4.78, 5) is 12.0. The van der Waals surface area contributed by atoms with Crippen molar-refractivity contribution in [3.8, 4) is 5.75 Å². The van der Waals surface area contributed by atoms with Crippen LogP contribution in [0.15, 0.2) is 61.2 Å². The highest BCUT2D eigenvalue weighted by molar-refractivity contribution is 5.94. The minimum atomic E-state index is -0.314. The van der Waals surface area contributed by atoms with Crippen molar-refractivity contribution in [2.24, 2.45) is 0 Å². The number of carbonyl (C=O) groups is 1. The Hall–Kier alpha value is -2.62. The largest absolute Gasteiger partial charge is 0.490 e. The Kier molecular flexibility index (Phi) is 5.10. The van der Waals surface area contributed by atoms with Crippen molar-refractivity contribution in [2.75, 3.05) is 6.61 Å². The number of ether oxygens (including phenoxy) is 1. The molecule has 1 N–H and O–H groups in total. The second kappa shape index (κ2) is 7.24. The van der Waals surface area contributed by atoms with E-state index < -0.39 is 0 Å². The van der Waals surface area contributed by atoms with Crippen molar-refractivity contribution in [3.63, 3.8) is 0 Å². The van der Waals surface area contributed by atoms with Gasteiger partial charge < -0.3 is 10.1 Å². The molecule has 21 heavy (non-hydrogen) atoms. The average Bonchev–Trinajstić information content (AvgIpc) is 2.51. The van der Waals surface area contributed by atoms with Gasteiger partial charge in [-0.05, 0) is 42.0 Å². The molecular weight excluding hydrogens is 269 g/mol. The quantitative estimate of drug-likeness (QED) is 0.827. The molecule has 0 aliphatic rings. The Morgan fingerprint density at radius 2 is 2.00 bits per heavy atom. The van der Waals surface area contributed by atoms with Gasteiger partial charge in [-0.3, -0.25) is 4.79 Å². The topological polar surface area (TPSA) is 38.3 Å². The van der Waals surface area contributed by atoms with Gasteiger partial charge in [0.25, 0.3) is 5.91 Å². The summed E-state index contributed by atoms with van der Waals surface area (Å²) >= 11 is 0. The third-order valence-corrected chi connectivity index (χ3v) is 2.83. The van der Waals surface area contributed by atoms with Crippen molar-refractivity contribution in [2.45, 2.75) is 6.54 Å². The standard InChI is InChI=1S/C17H16FNO2/c1-2-10-21-16-8-6-14(7-9-16)17(20)19-12-13-4-3-5-15(18)11-13/h2-9,11H,1,10,12H2,(H,19,20). The molecule has 2 aromatic carbocycles. The SMILES string of the molecule is C=CCOc1ccc(C(=O)NCc2cccc(F)c2)cc1. The van der Waals surface area contributed by atoms with E-state index in [1.165, 1.54) is 12.1 Å². The molecule has 0 radical (unpaired) electrons. The van der Waals surface area contributed by atoms with Crippen LogP contribution in [0.5, 0.6) is 5.75 Å². The van der Waals surface area contributed by atoms with Crippen LogP contribution in [-0.2, 0) is 6.54 Å². The summed E-state index contributed by atoms with van der Waals surface area (Å²) in [5.74, 6) is 0.150. The van der Waals surface area contributed by atoms with Crippen LogP contribution in [0, 0.1) is 5.82 Å². The first-order chi connectivity index (χ1) is 10.2. The zero-order chi connectivity index (χ0) is 15.1. The maximum absolute atomic E-state index is 13.0. The predicted octanol–water partition coefficient (Wildman–Crippen LogP) is 3.32. The number of amides is 1. The molecule has 2 aromatic rings. The molecule has 108 valence electrons. The van der Waals surface area contributed by atoms with Gasteiger partial charge in [-0.1, -0.05) is 24.8 Å². The van der Waals surface area contributed by atoms with Gasteiger partial charge in [0.15, 0.2) is 0 Å². The number of hydrogen-bond donors (Lipinski definition) is 1. The molecule has 2 rings (SSSR count). The minimum absolute atomic E-state index is 0.213. The van der Waals surface area contributed by atoms with Gasteiger partial charge >= 0.3 is 0 Å². The van der Waals surface area contributed by atoms with Gasteiger partial charge in [0.1, 0.15) is 18.2 Å². The van der Waals surface area contributed by atoms with E-state index in [-0.39, 0.29) is 18.3 Å². The highest BCUT2D eigenvalue weighted by Crippen LogP contribution is 2.12. The molecule has 0 saturated heterocycles. The third-order valence-electron chi connectivity index (χ3n) is 2.83. The lowest BCUT2D eigenvalue weighted by atomic mass is 10.2. The van der Waals surface area contributed by atoms with Crippen molar-refractivity contribution in [3.05, 3.63) is 78.1 Å². The fraction of sp³-hybridized carbons (Fsp3) is 0.118. The smallest absolute Gasteiger partial charge is 0.251 e. The van der Waals surface area contributed by atoms with E-state index in [1.54, 1.807) is 42.5 Å². The molecule has 0 heterocycles. The predicted molar refractivity (Wildman–Crippen MR) is 79.7 cm³/mol. The molecule has 0 bridgehead atoms. The summed E-state index contributed by atoms with van der Waals surface area (Å²) in [7, 11) is 0. The van der Waals surface area contributed by atoms with Crippen LogP contribution in [0.3, 0.4) is 0 Å². The first-order valence-electron chi connectivity index (χ1n) is 6.55. The highest BCUT2D eigenvalue weighted by atomic mass is 19.1. The highest BCUT2D eigenvalue weighted by Gasteiger charge is 2.05. The van der Waals surface area contributed by atoms with Gasteiger partial charge in [0.2, 0.25) is 0 Å². The van der Waals surface area contributed by atoms with E-state index in [0.29, 0.717) is 23.5 Å². The van der Waals surface area contributed by atoms with Gasteiger partial charge in [-0.25, -0.2) is 4.39 Å². The Labute approximate surface area is 123 Å². The molecule has 0 fully saturated rings. The van der Waals surface area contributed by atoms with E-state index >= 15 is 0 Å². The number of nitrogens with one attached hydrogen (secondary N) is 1. The maximum Gasteiger partial charge on any atom is 0.251 e. The number of hydrogen-bond acceptors (Lipinski definition) is 2. The van der Waals surface area contributed by atoms with Crippen LogP contribution >= 0.6 is 0 Å². The second-order valence-electron chi connectivity index (χ2n) is 4.44. The molecular formula is C17H16FNO2. The Bertz CT molecular complexity index is 623. The average molecular weight is 285 g/mol. The summed E-state index contributed by atoms with van der Waals surface area (Å²) < 4.78 is 18.4. The van der Waals surface area contributed by atoms with E-state index in [9.17, 15) is 9.18 Å². The normalized spacial score (nSPS) is 9.95. The molecule has 0 unspecified atom stereocenters. The number of halogens is 1. The monoisotopic (exact) mass is 285 g/mol. The number of rotatable bonds is 6. The fourth-order valence-electron chi connectivity index (χ4n) is 1.79. The van der Waals surface area contributed by atoms with E-state index in [2.05, 4.69) is 11.9 Å². The van der Waals surface area contributed by atoms with Crippen molar-refractivity contribution in [1.82, 2.24) is 5.32 Å². The lowest BCUT2D eigenvalue weighted by molar-refractivity contribution is 0.0951. The maximum atomic E-state index is 13.0. The molecule has 1 amide bonds. The van der Waals surface area contributed by atoms with E-state index in [4.69, 9.17) is 4.74 Å². The first-order valence-corrected chi connectivity index (χ1v) is 6.55. The Balaban J connectivity index is 1.92. The zero-order valence-electron chi connectivity index (χ0n) is 11.5. The molecule has 0 aliphatic heterocycles. The molecule has 0 aromatic heterocycles. The van der Waals surface area contributed by atoms with Crippen LogP contribution < -0.4 is 10.1 Å². The summed E-state index contributed by atoms with van der Waals surface area (Å²) in [6, 6.07) is 12.9. The summed E-state index contributed by atoms with van der Waals surface area (Å²) in [6.45, 7) is 4.27. The van der Waals surface area contributed by atoms with Crippen LogP contribution in [0.1, 0.15) is 15.9 Å². The van der Waals surface area contributed by atoms with Crippen molar-refractivity contribution in [1.29, 1.82) is 0 Å². The van der Waals surface area contributed by atoms with Crippen molar-refractivity contribution >= 4 is 5.91 Å². The lowest BCUT2D eigenvalue weighted by Crippen LogP contribution is -2.22. The molecule has 0 aliphatic carbocycles. The molecule has 0 saturated carbocycles. The second-order valence-corrected chi connectivity index (χ2v) is 4.44. The molecule has 3 nitrogen and oxygen atoms in total. The number of carbonyl (C=O) groups excluding carboxylic acids is 1. The van der Waals surface area contributed by atoms with Gasteiger partial charge in [0.05, 0.1) is 0 Å². The van der Waals surface area contributed by atoms with Crippen LogP contribution in [0.4, 0.5) is 4.39 Å². The fourth-order valence-corrected chi connectivity index (χ4v) is 1.79. The molecule has 0 spiro atoms. The zero-order valence-corrected chi connectivity index (χ0v) is 11.5. The van der Waals surface area contributed by atoms with Crippen LogP contribution in [-0.4, -0.2) is 12.5 Å². The van der Waals surface area contributed by atoms with Gasteiger partial charge in [-0.15, -0.1) is 0 Å². The summed E-state index contributed by atoms with van der Waals surface area (Å²) in [5.41, 5.74) is 1.24. The Morgan fingerprint density at radius 3 is 2.67 bits per heavy atom. The number of benzene rings is 2. The van der Waals surface area contributed by atoms with Gasteiger partial charge in [-0.2, -0.15) is 0 Å². The molecule has 4 heteroatoms. The first kappa shape index (κ1) is 14.8. The van der Waals surface area contributed by atoms with Crippen LogP contribution in [0.25, 0.3) is 0 Å². The summed E-state index contributed by atoms with van der Waals surface area (Å²) in [5, 5.41) is 2.74. The van der Waals surface area contributed by atoms with E-state index in [1.807, 2.05) is 0 Å². The Morgan fingerprint density at radius 1 is 1.24 bits per heavy atom. The molecule has 0 atom stereocenters. The lowest BCUT2D eigenvalue weighted by Gasteiger charge is -2.07. The van der Waals surface area contributed by atoms with Gasteiger partial charge in [0, 0.05) is 12.1 Å². The van der Waals surface area contributed by atoms with Crippen molar-refractivity contribution < 1.29 is 13.9 Å². The van der Waals surface area contributed by atoms with E-state index in [0.717, 1.165) is 0 Å². The third kappa shape index (κ3) is 4.45. The van der Waals surface area contributed by atoms with Crippen LogP contribution in [0.2, 0.25) is 0 Å².